The third-order valence-corrected chi connectivity index (χ3v) is 12.3. The van der Waals surface area contributed by atoms with Crippen molar-refractivity contribution in [1.82, 2.24) is 14.8 Å². The van der Waals surface area contributed by atoms with Crippen LogP contribution in [-0.4, -0.2) is 52.3 Å². The predicted octanol–water partition coefficient (Wildman–Crippen LogP) is 9.99. The predicted molar refractivity (Wildman–Crippen MR) is 219 cm³/mol. The largest absolute Gasteiger partial charge is 0.451 e. The Labute approximate surface area is 338 Å². The van der Waals surface area contributed by atoms with Crippen LogP contribution in [0, 0.1) is 22.5 Å². The third-order valence-electron chi connectivity index (χ3n) is 12.3. The molecular formula is C45H66F2N4O6. The van der Waals surface area contributed by atoms with Gasteiger partial charge in [-0.05, 0) is 57.9 Å². The Kier molecular flexibility index (Phi) is 17.3. The number of benzene rings is 1. The zero-order valence-corrected chi connectivity index (χ0v) is 35.0. The van der Waals surface area contributed by atoms with E-state index in [0.29, 0.717) is 37.5 Å². The Hall–Kier alpha value is -4.09. The van der Waals surface area contributed by atoms with Gasteiger partial charge in [0, 0.05) is 49.1 Å². The average molecular weight is 797 g/mol. The minimum Gasteiger partial charge on any atom is -0.451 e. The second-order valence-electron chi connectivity index (χ2n) is 16.9. The number of hydrogen-bond acceptors (Lipinski definition) is 7. The lowest BCUT2D eigenvalue weighted by Crippen LogP contribution is -2.60. The minimum atomic E-state index is -0.891. The second-order valence-corrected chi connectivity index (χ2v) is 16.9. The highest BCUT2D eigenvalue weighted by molar-refractivity contribution is 5.99. The van der Waals surface area contributed by atoms with Crippen molar-refractivity contribution in [3.05, 3.63) is 63.1 Å². The fourth-order valence-corrected chi connectivity index (χ4v) is 8.55. The zero-order valence-electron chi connectivity index (χ0n) is 35.0. The summed E-state index contributed by atoms with van der Waals surface area (Å²) in [4.78, 5) is 56.5. The average Bonchev–Trinajstić information content (AvgIpc) is 3.24. The number of pyridine rings is 1. The fourth-order valence-electron chi connectivity index (χ4n) is 8.55. The van der Waals surface area contributed by atoms with Gasteiger partial charge in [-0.2, -0.15) is 0 Å². The van der Waals surface area contributed by atoms with Gasteiger partial charge in [0.15, 0.2) is 5.69 Å². The summed E-state index contributed by atoms with van der Waals surface area (Å²) < 4.78 is 40.9. The van der Waals surface area contributed by atoms with Crippen molar-refractivity contribution in [2.75, 3.05) is 13.3 Å². The molecule has 0 unspecified atom stereocenters. The van der Waals surface area contributed by atoms with E-state index >= 15 is 0 Å². The molecule has 0 saturated carbocycles. The van der Waals surface area contributed by atoms with Gasteiger partial charge in [0.1, 0.15) is 17.2 Å². The number of hydrogen-bond donors (Lipinski definition) is 2. The van der Waals surface area contributed by atoms with E-state index in [1.807, 2.05) is 13.8 Å². The molecule has 2 aliphatic rings. The number of rotatable bonds is 24. The first-order valence-electron chi connectivity index (χ1n) is 21.4. The molecule has 2 amide bonds. The lowest BCUT2D eigenvalue weighted by molar-refractivity contribution is -0.150. The number of esters is 1. The van der Waals surface area contributed by atoms with Crippen LogP contribution >= 0.6 is 0 Å². The maximum atomic E-state index is 14.4. The Balaban J connectivity index is 1.41. The topological polar surface area (TPSA) is 131 Å². The number of unbranched alkanes of at least 4 members (excludes halogenated alkanes) is 14. The summed E-state index contributed by atoms with van der Waals surface area (Å²) in [5, 5.41) is 11.0. The van der Waals surface area contributed by atoms with E-state index < -0.39 is 58.3 Å². The molecule has 316 valence electrons. The standard InChI is InChI=1S/C45H66F2N4O6/c1-6-7-8-9-10-11-12-13-14-15-16-17-18-19-20-21-38(52)56-31-57-41-39-43(55)50-30-45(5,44(4,27-32(2)48)25-24-33(50)3)51(39)29-36(40(41)53)42(54)49-28-34-22-23-35(46)26-37(34)47/h22-23,26,29,33,48H,6-21,24-25,27-28,30-31H2,1-5H3,(H,49,54)/t33-,44+,45+/m0/s1. The quantitative estimate of drug-likeness (QED) is 0.0471. The molecule has 1 aromatic heterocycles. The van der Waals surface area contributed by atoms with Crippen LogP contribution in [-0.2, 0) is 21.6 Å². The molecule has 0 aliphatic carbocycles. The maximum absolute atomic E-state index is 14.4. The molecule has 10 nitrogen and oxygen atoms in total. The zero-order chi connectivity index (χ0) is 41.6. The van der Waals surface area contributed by atoms with Crippen LogP contribution in [0.25, 0.3) is 0 Å². The Morgan fingerprint density at radius 3 is 2.11 bits per heavy atom. The molecule has 0 radical (unpaired) electrons. The number of halogens is 2. The van der Waals surface area contributed by atoms with Crippen LogP contribution in [0.15, 0.2) is 29.2 Å². The highest BCUT2D eigenvalue weighted by atomic mass is 19.1. The first-order chi connectivity index (χ1) is 27.2. The smallest absolute Gasteiger partial charge is 0.308 e. The molecule has 12 heteroatoms. The van der Waals surface area contributed by atoms with E-state index in [9.17, 15) is 28.0 Å². The van der Waals surface area contributed by atoms with Gasteiger partial charge in [0.2, 0.25) is 18.0 Å². The lowest BCUT2D eigenvalue weighted by Gasteiger charge is -2.52. The molecular weight excluding hydrogens is 731 g/mol. The molecule has 2 bridgehead atoms. The van der Waals surface area contributed by atoms with Gasteiger partial charge in [0.05, 0.1) is 5.54 Å². The van der Waals surface area contributed by atoms with Crippen molar-refractivity contribution in [2.24, 2.45) is 5.41 Å². The van der Waals surface area contributed by atoms with Gasteiger partial charge in [0.25, 0.3) is 11.8 Å². The number of carbonyl (C=O) groups is 3. The summed E-state index contributed by atoms with van der Waals surface area (Å²) in [6, 6.07) is 2.81. The first kappa shape index (κ1) is 45.6. The summed E-state index contributed by atoms with van der Waals surface area (Å²) >= 11 is 0. The van der Waals surface area contributed by atoms with Crippen LogP contribution in [0.1, 0.15) is 183 Å². The van der Waals surface area contributed by atoms with Crippen molar-refractivity contribution in [3.63, 3.8) is 0 Å². The normalized spacial score (nSPS) is 20.2. The summed E-state index contributed by atoms with van der Waals surface area (Å²) in [6.45, 7) is 9.24. The summed E-state index contributed by atoms with van der Waals surface area (Å²) in [7, 11) is 0. The van der Waals surface area contributed by atoms with Crippen molar-refractivity contribution < 1.29 is 32.6 Å². The van der Waals surface area contributed by atoms with E-state index in [-0.39, 0.29) is 42.4 Å². The van der Waals surface area contributed by atoms with Crippen LogP contribution in [0.2, 0.25) is 0 Å². The lowest BCUT2D eigenvalue weighted by atomic mass is 9.65. The van der Waals surface area contributed by atoms with Crippen molar-refractivity contribution in [3.8, 4) is 5.75 Å². The molecule has 2 aromatic rings. The monoisotopic (exact) mass is 796 g/mol. The SMILES string of the molecule is CCCCCCCCCCCCCCCCCC(=O)OCOc1c2n(cc(C(=O)NCc3ccc(F)cc3F)c1=O)[C@]1(C)CN(C2=O)[C@@H](C)CC[C@]1(C)CC(C)=N. The molecule has 3 atom stereocenters. The van der Waals surface area contributed by atoms with Crippen LogP contribution in [0.4, 0.5) is 8.78 Å². The second kappa shape index (κ2) is 21.6. The van der Waals surface area contributed by atoms with Crippen molar-refractivity contribution in [2.45, 2.75) is 175 Å². The Morgan fingerprint density at radius 1 is 0.930 bits per heavy atom. The van der Waals surface area contributed by atoms with Crippen LogP contribution < -0.4 is 15.5 Å². The van der Waals surface area contributed by atoms with Gasteiger partial charge in [-0.25, -0.2) is 8.78 Å². The molecule has 1 fully saturated rings. The number of ether oxygens (including phenoxy) is 2. The Bertz CT molecular complexity index is 1760. The fraction of sp³-hybridized carbons (Fsp3) is 0.667. The van der Waals surface area contributed by atoms with Crippen LogP contribution in [0.3, 0.4) is 0 Å². The van der Waals surface area contributed by atoms with Crippen LogP contribution in [0.5, 0.6) is 5.75 Å². The molecule has 0 spiro atoms. The number of nitrogens with zero attached hydrogens (tertiary/aromatic N) is 2. The number of nitrogens with one attached hydrogen (secondary N) is 2. The third kappa shape index (κ3) is 12.0. The molecule has 3 heterocycles. The van der Waals surface area contributed by atoms with E-state index in [1.165, 1.54) is 82.9 Å². The number of amides is 2. The molecule has 1 saturated heterocycles. The summed E-state index contributed by atoms with van der Waals surface area (Å²) in [5.41, 5.74) is -2.29. The van der Waals surface area contributed by atoms with Gasteiger partial charge in [-0.3, -0.25) is 19.2 Å². The highest BCUT2D eigenvalue weighted by Crippen LogP contribution is 2.51. The summed E-state index contributed by atoms with van der Waals surface area (Å²) in [5.74, 6) is -3.82. The number of carbonyl (C=O) groups excluding carboxylic acids is 3. The maximum Gasteiger partial charge on any atom is 0.308 e. The molecule has 4 rings (SSSR count). The van der Waals surface area contributed by atoms with E-state index in [1.54, 1.807) is 16.4 Å². The molecule has 2 aliphatic heterocycles. The molecule has 2 N–H and O–H groups in total. The van der Waals surface area contributed by atoms with E-state index in [0.717, 1.165) is 25.3 Å². The van der Waals surface area contributed by atoms with E-state index in [2.05, 4.69) is 19.2 Å². The van der Waals surface area contributed by atoms with Gasteiger partial charge >= 0.3 is 5.97 Å². The minimum absolute atomic E-state index is 0.0184. The highest BCUT2D eigenvalue weighted by Gasteiger charge is 2.55. The molecule has 1 aromatic carbocycles. The van der Waals surface area contributed by atoms with Gasteiger partial charge < -0.3 is 29.7 Å². The first-order valence-corrected chi connectivity index (χ1v) is 21.4. The Morgan fingerprint density at radius 2 is 1.53 bits per heavy atom. The number of aromatic nitrogens is 1. The molecule has 57 heavy (non-hydrogen) atoms. The van der Waals surface area contributed by atoms with Crippen molar-refractivity contribution >= 4 is 23.5 Å². The number of fused-ring (bicyclic) bond motifs is 4. The van der Waals surface area contributed by atoms with E-state index in [4.69, 9.17) is 14.9 Å². The van der Waals surface area contributed by atoms with Gasteiger partial charge in [-0.1, -0.05) is 110 Å². The van der Waals surface area contributed by atoms with Gasteiger partial charge in [-0.15, -0.1) is 0 Å². The summed E-state index contributed by atoms with van der Waals surface area (Å²) in [6.07, 6.45) is 21.4. The van der Waals surface area contributed by atoms with Crippen molar-refractivity contribution in [1.29, 1.82) is 5.41 Å².